The van der Waals surface area contributed by atoms with Gasteiger partial charge in [0.25, 0.3) is 0 Å². The lowest BCUT2D eigenvalue weighted by molar-refractivity contribution is 0.122. The van der Waals surface area contributed by atoms with E-state index < -0.39 is 0 Å². The molecule has 35 heavy (non-hydrogen) atoms. The molecule has 0 atom stereocenters. The summed E-state index contributed by atoms with van der Waals surface area (Å²) >= 11 is 1.67. The van der Waals surface area contributed by atoms with Gasteiger partial charge in [-0.2, -0.15) is 0 Å². The number of hydrogen-bond acceptors (Lipinski definition) is 7. The molecule has 4 aromatic rings. The number of H-pyrrole nitrogens is 1. The van der Waals surface area contributed by atoms with Crippen LogP contribution >= 0.6 is 11.3 Å². The molecule has 0 bridgehead atoms. The van der Waals surface area contributed by atoms with Crippen LogP contribution in [0.25, 0.3) is 11.3 Å². The average molecular weight is 487 g/mol. The molecule has 2 N–H and O–H groups in total. The second-order valence-electron chi connectivity index (χ2n) is 8.83. The number of ether oxygens (including phenoxy) is 2. The number of anilines is 2. The van der Waals surface area contributed by atoms with E-state index in [4.69, 9.17) is 9.47 Å². The van der Waals surface area contributed by atoms with Crippen molar-refractivity contribution in [2.45, 2.75) is 19.9 Å². The van der Waals surface area contributed by atoms with Gasteiger partial charge in [0.15, 0.2) is 0 Å². The van der Waals surface area contributed by atoms with Crippen molar-refractivity contribution in [3.05, 3.63) is 86.1 Å². The zero-order valence-electron chi connectivity index (χ0n) is 19.5. The van der Waals surface area contributed by atoms with Gasteiger partial charge < -0.3 is 24.7 Å². The Morgan fingerprint density at radius 2 is 2.00 bits per heavy atom. The van der Waals surface area contributed by atoms with Gasteiger partial charge in [-0.1, -0.05) is 12.1 Å². The minimum absolute atomic E-state index is 0.121. The number of para-hydroxylation sites is 1. The van der Waals surface area contributed by atoms with Crippen molar-refractivity contribution < 1.29 is 9.47 Å². The molecule has 7 nitrogen and oxygen atoms in total. The van der Waals surface area contributed by atoms with Gasteiger partial charge in [-0.15, -0.1) is 11.3 Å². The van der Waals surface area contributed by atoms with Crippen LogP contribution in [0.1, 0.15) is 21.7 Å². The number of benzene rings is 2. The summed E-state index contributed by atoms with van der Waals surface area (Å²) in [4.78, 5) is 23.3. The van der Waals surface area contributed by atoms with E-state index in [0.717, 1.165) is 77.0 Å². The number of aromatic amines is 1. The monoisotopic (exact) mass is 486 g/mol. The van der Waals surface area contributed by atoms with Crippen molar-refractivity contribution in [2.24, 2.45) is 0 Å². The first-order chi connectivity index (χ1) is 17.1. The molecule has 2 aliphatic heterocycles. The molecule has 0 spiro atoms. The predicted octanol–water partition coefficient (Wildman–Crippen LogP) is 4.95. The Morgan fingerprint density at radius 3 is 2.83 bits per heavy atom. The van der Waals surface area contributed by atoms with Gasteiger partial charge in [0.1, 0.15) is 11.5 Å². The van der Waals surface area contributed by atoms with E-state index in [2.05, 4.69) is 32.3 Å². The maximum Gasteiger partial charge on any atom is 0.250 e. The number of rotatable bonds is 5. The Hall–Kier alpha value is -3.62. The zero-order chi connectivity index (χ0) is 23.8. The highest BCUT2D eigenvalue weighted by Crippen LogP contribution is 2.43. The number of nitrogens with zero attached hydrogens (tertiary/aromatic N) is 2. The molecule has 2 aromatic carbocycles. The number of fused-ring (bicyclic) bond motifs is 2. The number of thiazole rings is 1. The van der Waals surface area contributed by atoms with E-state index in [0.29, 0.717) is 13.2 Å². The number of hydrogen-bond donors (Lipinski definition) is 2. The second kappa shape index (κ2) is 9.20. The predicted molar refractivity (Wildman–Crippen MR) is 139 cm³/mol. The van der Waals surface area contributed by atoms with Gasteiger partial charge in [0.05, 0.1) is 36.7 Å². The summed E-state index contributed by atoms with van der Waals surface area (Å²) in [7, 11) is 0. The third-order valence-corrected chi connectivity index (χ3v) is 7.48. The van der Waals surface area contributed by atoms with Crippen molar-refractivity contribution in [2.75, 3.05) is 36.5 Å². The summed E-state index contributed by atoms with van der Waals surface area (Å²) < 4.78 is 11.9. The van der Waals surface area contributed by atoms with E-state index >= 15 is 0 Å². The maximum absolute atomic E-state index is 12.5. The fourth-order valence-corrected chi connectivity index (χ4v) is 5.37. The lowest BCUT2D eigenvalue weighted by Gasteiger charge is -2.29. The van der Waals surface area contributed by atoms with Crippen LogP contribution in [0.15, 0.2) is 58.8 Å². The molecule has 8 heteroatoms. The molecule has 0 amide bonds. The van der Waals surface area contributed by atoms with Crippen LogP contribution in [0.5, 0.6) is 11.5 Å². The van der Waals surface area contributed by atoms with Crippen molar-refractivity contribution in [3.63, 3.8) is 0 Å². The topological polar surface area (TPSA) is 79.5 Å². The van der Waals surface area contributed by atoms with Crippen LogP contribution in [0.3, 0.4) is 0 Å². The van der Waals surface area contributed by atoms with Crippen molar-refractivity contribution in [1.29, 1.82) is 0 Å². The Kier molecular flexibility index (Phi) is 5.75. The standard InChI is InChI=1S/C27H26N4O3S/c1-17-25(35-16-29-17)15-28-20-5-6-24-19(12-20)11-18-3-2-4-22(27(18)34-24)23-13-21(14-26(32)30-23)31-7-9-33-10-8-31/h2-6,12-14,16,28H,7-11,15H2,1H3,(H,30,32). The lowest BCUT2D eigenvalue weighted by Crippen LogP contribution is -2.36. The lowest BCUT2D eigenvalue weighted by atomic mass is 9.96. The van der Waals surface area contributed by atoms with Gasteiger partial charge >= 0.3 is 0 Å². The zero-order valence-corrected chi connectivity index (χ0v) is 20.3. The minimum atomic E-state index is -0.121. The largest absolute Gasteiger partial charge is 0.456 e. The molecule has 4 heterocycles. The summed E-state index contributed by atoms with van der Waals surface area (Å²) in [6.07, 6.45) is 0.765. The average Bonchev–Trinajstić information content (AvgIpc) is 3.30. The van der Waals surface area contributed by atoms with E-state index in [1.807, 2.05) is 42.8 Å². The molecule has 6 rings (SSSR count). The summed E-state index contributed by atoms with van der Waals surface area (Å²) in [6, 6.07) is 16.0. The molecule has 0 saturated carbocycles. The quantitative estimate of drug-likeness (QED) is 0.366. The molecule has 1 fully saturated rings. The molecule has 1 saturated heterocycles. The SMILES string of the molecule is Cc1ncsc1CNc1ccc2c(c1)Cc1cccc(-c3cc(N4CCOCC4)cc(=O)[nH]3)c1O2. The first-order valence-electron chi connectivity index (χ1n) is 11.8. The van der Waals surface area contributed by atoms with Gasteiger partial charge in [0, 0.05) is 53.0 Å². The number of nitrogens with one attached hydrogen (secondary N) is 2. The smallest absolute Gasteiger partial charge is 0.250 e. The molecule has 0 aliphatic carbocycles. The summed E-state index contributed by atoms with van der Waals surface area (Å²) in [5, 5.41) is 3.50. The molecule has 2 aliphatic rings. The Labute approximate surface area is 207 Å². The highest BCUT2D eigenvalue weighted by molar-refractivity contribution is 7.09. The van der Waals surface area contributed by atoms with Crippen LogP contribution < -0.4 is 20.5 Å². The van der Waals surface area contributed by atoms with Gasteiger partial charge in [-0.3, -0.25) is 4.79 Å². The highest BCUT2D eigenvalue weighted by Gasteiger charge is 2.22. The fraction of sp³-hybridized carbons (Fsp3) is 0.259. The fourth-order valence-electron chi connectivity index (χ4n) is 4.66. The minimum Gasteiger partial charge on any atom is -0.456 e. The van der Waals surface area contributed by atoms with Gasteiger partial charge in [0.2, 0.25) is 5.56 Å². The third-order valence-electron chi connectivity index (χ3n) is 6.54. The number of aromatic nitrogens is 2. The molecule has 0 radical (unpaired) electrons. The van der Waals surface area contributed by atoms with Crippen molar-refractivity contribution in [1.82, 2.24) is 9.97 Å². The maximum atomic E-state index is 12.5. The van der Waals surface area contributed by atoms with E-state index in [-0.39, 0.29) is 5.56 Å². The second-order valence-corrected chi connectivity index (χ2v) is 9.76. The van der Waals surface area contributed by atoms with Gasteiger partial charge in [-0.05, 0) is 42.8 Å². The summed E-state index contributed by atoms with van der Waals surface area (Å²) in [5.74, 6) is 1.65. The molecule has 178 valence electrons. The van der Waals surface area contributed by atoms with E-state index in [1.165, 1.54) is 4.88 Å². The molecular weight excluding hydrogens is 460 g/mol. The number of pyridine rings is 1. The summed E-state index contributed by atoms with van der Waals surface area (Å²) in [6.45, 7) is 5.68. The van der Waals surface area contributed by atoms with Crippen molar-refractivity contribution >= 4 is 22.7 Å². The van der Waals surface area contributed by atoms with E-state index in [9.17, 15) is 4.79 Å². The van der Waals surface area contributed by atoms with Crippen LogP contribution in [-0.4, -0.2) is 36.3 Å². The molecule has 0 unspecified atom stereocenters. The summed E-state index contributed by atoms with van der Waals surface area (Å²) in [5.41, 5.74) is 8.69. The van der Waals surface area contributed by atoms with Crippen molar-refractivity contribution in [3.8, 4) is 22.8 Å². The number of aryl methyl sites for hydroxylation is 1. The van der Waals surface area contributed by atoms with Crippen LogP contribution in [-0.2, 0) is 17.7 Å². The normalized spacial score (nSPS) is 14.7. The van der Waals surface area contributed by atoms with Crippen LogP contribution in [0.4, 0.5) is 11.4 Å². The third kappa shape index (κ3) is 4.42. The van der Waals surface area contributed by atoms with Gasteiger partial charge in [-0.25, -0.2) is 4.98 Å². The highest BCUT2D eigenvalue weighted by atomic mass is 32.1. The first kappa shape index (κ1) is 21.9. The number of morpholine rings is 1. The Bertz CT molecular complexity index is 1440. The van der Waals surface area contributed by atoms with Crippen LogP contribution in [0.2, 0.25) is 0 Å². The van der Waals surface area contributed by atoms with E-state index in [1.54, 1.807) is 17.4 Å². The molecular formula is C27H26N4O3S. The molecule has 2 aromatic heterocycles. The first-order valence-corrected chi connectivity index (χ1v) is 12.6. The van der Waals surface area contributed by atoms with Crippen LogP contribution in [0, 0.1) is 6.92 Å². The Morgan fingerprint density at radius 1 is 1.11 bits per heavy atom. The Balaban J connectivity index is 1.28.